The summed E-state index contributed by atoms with van der Waals surface area (Å²) in [5.74, 6) is 2.75. The first kappa shape index (κ1) is 20.2. The number of hydrogen-bond donors (Lipinski definition) is 1. The minimum atomic E-state index is -0.135. The van der Waals surface area contributed by atoms with Crippen molar-refractivity contribution < 1.29 is 13.9 Å². The molecule has 0 radical (unpaired) electrons. The largest absolute Gasteiger partial charge is 0.461 e. The van der Waals surface area contributed by atoms with Crippen LogP contribution in [-0.4, -0.2) is 26.4 Å². The highest BCUT2D eigenvalue weighted by Gasteiger charge is 2.14. The van der Waals surface area contributed by atoms with Crippen LogP contribution >= 0.6 is 27.7 Å². The number of hydrogen-bond acceptors (Lipinski definition) is 6. The standard InChI is InChI=1S/C21H17BrN4O3S/c1-26-20(18-3-2-12-28-18)24-25-21(26)30-13-19(27)23-15-6-10-17(11-7-15)29-16-8-4-14(22)5-9-16/h2-12H,13H2,1H3,(H,23,27). The van der Waals surface area contributed by atoms with Crippen LogP contribution in [0.4, 0.5) is 5.69 Å². The Morgan fingerprint density at radius 1 is 1.10 bits per heavy atom. The van der Waals surface area contributed by atoms with Gasteiger partial charge in [0.1, 0.15) is 11.5 Å². The van der Waals surface area contributed by atoms with E-state index in [2.05, 4.69) is 31.4 Å². The number of rotatable bonds is 7. The molecule has 1 N–H and O–H groups in total. The first-order chi connectivity index (χ1) is 14.6. The van der Waals surface area contributed by atoms with Crippen molar-refractivity contribution in [3.05, 3.63) is 71.4 Å². The van der Waals surface area contributed by atoms with Gasteiger partial charge in [0.05, 0.1) is 12.0 Å². The summed E-state index contributed by atoms with van der Waals surface area (Å²) in [5.41, 5.74) is 0.693. The molecule has 30 heavy (non-hydrogen) atoms. The third-order valence-electron chi connectivity index (χ3n) is 4.10. The summed E-state index contributed by atoms with van der Waals surface area (Å²) < 4.78 is 13.9. The Hall–Kier alpha value is -3.04. The van der Waals surface area contributed by atoms with Gasteiger partial charge in [-0.15, -0.1) is 10.2 Å². The fraction of sp³-hybridized carbons (Fsp3) is 0.0952. The molecule has 4 rings (SSSR count). The SMILES string of the molecule is Cn1c(SCC(=O)Nc2ccc(Oc3ccc(Br)cc3)cc2)nnc1-c1ccco1. The van der Waals surface area contributed by atoms with Gasteiger partial charge in [0, 0.05) is 17.2 Å². The summed E-state index contributed by atoms with van der Waals surface area (Å²) in [6.45, 7) is 0. The minimum absolute atomic E-state index is 0.135. The molecule has 0 saturated carbocycles. The highest BCUT2D eigenvalue weighted by Crippen LogP contribution is 2.25. The molecule has 0 aliphatic carbocycles. The molecule has 4 aromatic rings. The van der Waals surface area contributed by atoms with Crippen molar-refractivity contribution in [1.29, 1.82) is 0 Å². The number of carbonyl (C=O) groups is 1. The zero-order chi connectivity index (χ0) is 20.9. The lowest BCUT2D eigenvalue weighted by molar-refractivity contribution is -0.113. The average Bonchev–Trinajstić information content (AvgIpc) is 3.39. The molecule has 0 atom stereocenters. The van der Waals surface area contributed by atoms with Crippen molar-refractivity contribution >= 4 is 39.3 Å². The molecule has 9 heteroatoms. The van der Waals surface area contributed by atoms with E-state index in [1.165, 1.54) is 11.8 Å². The summed E-state index contributed by atoms with van der Waals surface area (Å²) in [5, 5.41) is 11.7. The first-order valence-corrected chi connectivity index (χ1v) is 10.8. The van der Waals surface area contributed by atoms with Crippen molar-refractivity contribution in [3.63, 3.8) is 0 Å². The third-order valence-corrected chi connectivity index (χ3v) is 5.65. The van der Waals surface area contributed by atoms with Gasteiger partial charge < -0.3 is 19.0 Å². The van der Waals surface area contributed by atoms with E-state index in [-0.39, 0.29) is 11.7 Å². The monoisotopic (exact) mass is 484 g/mol. The highest BCUT2D eigenvalue weighted by molar-refractivity contribution is 9.10. The van der Waals surface area contributed by atoms with Crippen LogP contribution < -0.4 is 10.1 Å². The Labute approximate surface area is 185 Å². The fourth-order valence-corrected chi connectivity index (χ4v) is 3.61. The smallest absolute Gasteiger partial charge is 0.234 e. The number of aromatic nitrogens is 3. The lowest BCUT2D eigenvalue weighted by atomic mass is 10.3. The Kier molecular flexibility index (Phi) is 6.20. The molecular weight excluding hydrogens is 468 g/mol. The van der Waals surface area contributed by atoms with Crippen LogP contribution in [0.2, 0.25) is 0 Å². The van der Waals surface area contributed by atoms with Gasteiger partial charge in [-0.2, -0.15) is 0 Å². The van der Waals surface area contributed by atoms with Gasteiger partial charge in [-0.3, -0.25) is 4.79 Å². The van der Waals surface area contributed by atoms with Crippen molar-refractivity contribution in [3.8, 4) is 23.1 Å². The van der Waals surface area contributed by atoms with Crippen LogP contribution in [0.25, 0.3) is 11.6 Å². The number of ether oxygens (including phenoxy) is 1. The van der Waals surface area contributed by atoms with Gasteiger partial charge in [0.15, 0.2) is 16.7 Å². The zero-order valence-corrected chi connectivity index (χ0v) is 18.3. The number of furan rings is 1. The summed E-state index contributed by atoms with van der Waals surface area (Å²) >= 11 is 4.70. The fourth-order valence-electron chi connectivity index (χ4n) is 2.63. The second kappa shape index (κ2) is 9.19. The molecule has 2 heterocycles. The number of halogens is 1. The molecule has 0 aliphatic heterocycles. The Balaban J connectivity index is 1.30. The summed E-state index contributed by atoms with van der Waals surface area (Å²) in [6.07, 6.45) is 1.58. The van der Waals surface area contributed by atoms with E-state index in [0.717, 1.165) is 10.2 Å². The molecule has 0 aliphatic rings. The van der Waals surface area contributed by atoms with E-state index in [0.29, 0.717) is 28.2 Å². The van der Waals surface area contributed by atoms with E-state index in [4.69, 9.17) is 9.15 Å². The predicted octanol–water partition coefficient (Wildman–Crippen LogP) is 5.36. The lowest BCUT2D eigenvalue weighted by Gasteiger charge is -2.08. The molecule has 152 valence electrons. The van der Waals surface area contributed by atoms with E-state index in [1.807, 2.05) is 49.5 Å². The van der Waals surface area contributed by atoms with Crippen LogP contribution in [0.15, 0.2) is 81.0 Å². The molecule has 0 spiro atoms. The van der Waals surface area contributed by atoms with Crippen molar-refractivity contribution in [1.82, 2.24) is 14.8 Å². The van der Waals surface area contributed by atoms with Crippen molar-refractivity contribution in [2.75, 3.05) is 11.1 Å². The summed E-state index contributed by atoms with van der Waals surface area (Å²) in [4.78, 5) is 12.3. The molecule has 0 fully saturated rings. The number of amides is 1. The molecule has 0 saturated heterocycles. The number of carbonyl (C=O) groups excluding carboxylic acids is 1. The second-order valence-corrected chi connectivity index (χ2v) is 8.12. The zero-order valence-electron chi connectivity index (χ0n) is 15.9. The maximum absolute atomic E-state index is 12.3. The minimum Gasteiger partial charge on any atom is -0.461 e. The summed E-state index contributed by atoms with van der Waals surface area (Å²) in [6, 6.07) is 18.4. The average molecular weight is 485 g/mol. The number of anilines is 1. The number of benzene rings is 2. The van der Waals surface area contributed by atoms with Crippen LogP contribution in [0.3, 0.4) is 0 Å². The van der Waals surface area contributed by atoms with E-state index < -0.39 is 0 Å². The van der Waals surface area contributed by atoms with Gasteiger partial charge in [-0.25, -0.2) is 0 Å². The number of nitrogens with one attached hydrogen (secondary N) is 1. The van der Waals surface area contributed by atoms with E-state index in [1.54, 1.807) is 29.0 Å². The quantitative estimate of drug-likeness (QED) is 0.355. The highest BCUT2D eigenvalue weighted by atomic mass is 79.9. The maximum Gasteiger partial charge on any atom is 0.234 e. The number of thioether (sulfide) groups is 1. The topological polar surface area (TPSA) is 82.2 Å². The molecule has 2 aromatic carbocycles. The predicted molar refractivity (Wildman–Crippen MR) is 119 cm³/mol. The lowest BCUT2D eigenvalue weighted by Crippen LogP contribution is -2.14. The van der Waals surface area contributed by atoms with Gasteiger partial charge >= 0.3 is 0 Å². The van der Waals surface area contributed by atoms with Crippen molar-refractivity contribution in [2.24, 2.45) is 7.05 Å². The Morgan fingerprint density at radius 2 is 1.80 bits per heavy atom. The summed E-state index contributed by atoms with van der Waals surface area (Å²) in [7, 11) is 1.84. The Bertz CT molecular complexity index is 1130. The molecule has 1 amide bonds. The molecule has 0 bridgehead atoms. The van der Waals surface area contributed by atoms with Crippen LogP contribution in [0.1, 0.15) is 0 Å². The molecule has 2 aromatic heterocycles. The van der Waals surface area contributed by atoms with Crippen LogP contribution in [0.5, 0.6) is 11.5 Å². The van der Waals surface area contributed by atoms with Gasteiger partial charge in [0.25, 0.3) is 0 Å². The van der Waals surface area contributed by atoms with Gasteiger partial charge in [-0.05, 0) is 60.7 Å². The van der Waals surface area contributed by atoms with E-state index >= 15 is 0 Å². The maximum atomic E-state index is 12.3. The van der Waals surface area contributed by atoms with Crippen molar-refractivity contribution in [2.45, 2.75) is 5.16 Å². The Morgan fingerprint density at radius 3 is 2.47 bits per heavy atom. The number of nitrogens with zero attached hydrogens (tertiary/aromatic N) is 3. The molecule has 0 unspecified atom stereocenters. The van der Waals surface area contributed by atoms with E-state index in [9.17, 15) is 4.79 Å². The third kappa shape index (κ3) is 4.92. The van der Waals surface area contributed by atoms with Crippen LogP contribution in [-0.2, 0) is 11.8 Å². The second-order valence-electron chi connectivity index (χ2n) is 6.26. The molecular formula is C21H17BrN4O3S. The van der Waals surface area contributed by atoms with Crippen LogP contribution in [0, 0.1) is 0 Å². The normalized spacial score (nSPS) is 10.7. The van der Waals surface area contributed by atoms with Gasteiger partial charge in [-0.1, -0.05) is 27.7 Å². The van der Waals surface area contributed by atoms with Gasteiger partial charge in [0.2, 0.25) is 5.91 Å². The first-order valence-electron chi connectivity index (χ1n) is 8.98. The molecule has 7 nitrogen and oxygen atoms in total.